The normalized spacial score (nSPS) is 10.2. The van der Waals surface area contributed by atoms with E-state index in [0.717, 1.165) is 0 Å². The predicted molar refractivity (Wildman–Crippen MR) is 53.6 cm³/mol. The molecular formula is C9H16O3Si. The van der Waals surface area contributed by atoms with Gasteiger partial charge in [0.2, 0.25) is 0 Å². The Kier molecular flexibility index (Phi) is 5.43. The van der Waals surface area contributed by atoms with Crippen LogP contribution in [0.25, 0.3) is 0 Å². The second-order valence-electron chi connectivity index (χ2n) is 3.33. The fourth-order valence-corrected chi connectivity index (χ4v) is 1.25. The number of hydrogen-bond acceptors (Lipinski definition) is 3. The molecule has 0 radical (unpaired) electrons. The SMILES string of the molecule is CCOC(=O)CC#C[Si](C)(C)CO. The predicted octanol–water partition coefficient (Wildman–Crippen LogP) is 0.722. The summed E-state index contributed by atoms with van der Waals surface area (Å²) in [6, 6.07) is 0. The van der Waals surface area contributed by atoms with Crippen molar-refractivity contribution in [2.45, 2.75) is 26.4 Å². The number of rotatable bonds is 3. The molecule has 1 N–H and O–H groups in total. The molecule has 0 aliphatic heterocycles. The molecule has 0 aromatic carbocycles. The fourth-order valence-electron chi connectivity index (χ4n) is 0.607. The molecule has 74 valence electrons. The van der Waals surface area contributed by atoms with Gasteiger partial charge in [0.1, 0.15) is 6.42 Å². The third kappa shape index (κ3) is 6.38. The van der Waals surface area contributed by atoms with Crippen molar-refractivity contribution < 1.29 is 14.6 Å². The molecule has 0 aliphatic carbocycles. The van der Waals surface area contributed by atoms with Gasteiger partial charge in [-0.25, -0.2) is 0 Å². The first kappa shape index (κ1) is 12.2. The zero-order valence-corrected chi connectivity index (χ0v) is 9.39. The molecule has 0 rings (SSSR count). The summed E-state index contributed by atoms with van der Waals surface area (Å²) in [5, 5.41) is 8.91. The van der Waals surface area contributed by atoms with Gasteiger partial charge in [-0.1, -0.05) is 19.0 Å². The Balaban J connectivity index is 3.92. The maximum absolute atomic E-state index is 10.8. The topological polar surface area (TPSA) is 46.5 Å². The summed E-state index contributed by atoms with van der Waals surface area (Å²) in [5.74, 6) is 2.44. The van der Waals surface area contributed by atoms with Crippen molar-refractivity contribution >= 4 is 14.0 Å². The Hall–Kier alpha value is -0.793. The summed E-state index contributed by atoms with van der Waals surface area (Å²) in [6.07, 6.45) is 0.257. The van der Waals surface area contributed by atoms with E-state index in [1.807, 2.05) is 13.1 Å². The van der Waals surface area contributed by atoms with E-state index in [4.69, 9.17) is 9.84 Å². The zero-order chi connectivity index (χ0) is 10.3. The molecular weight excluding hydrogens is 184 g/mol. The lowest BCUT2D eigenvalue weighted by molar-refractivity contribution is -0.141. The van der Waals surface area contributed by atoms with Crippen LogP contribution in [0.4, 0.5) is 0 Å². The molecule has 0 unspecified atom stereocenters. The van der Waals surface area contributed by atoms with Crippen LogP contribution in [-0.4, -0.2) is 32.0 Å². The van der Waals surface area contributed by atoms with Crippen LogP contribution in [0.15, 0.2) is 0 Å². The van der Waals surface area contributed by atoms with E-state index in [0.29, 0.717) is 6.61 Å². The van der Waals surface area contributed by atoms with Crippen LogP contribution in [0.5, 0.6) is 0 Å². The van der Waals surface area contributed by atoms with Gasteiger partial charge >= 0.3 is 5.97 Å². The third-order valence-electron chi connectivity index (χ3n) is 1.36. The van der Waals surface area contributed by atoms with Crippen LogP contribution in [0.2, 0.25) is 13.1 Å². The highest BCUT2D eigenvalue weighted by Crippen LogP contribution is 1.97. The van der Waals surface area contributed by atoms with Crippen LogP contribution >= 0.6 is 0 Å². The molecule has 13 heavy (non-hydrogen) atoms. The van der Waals surface area contributed by atoms with E-state index >= 15 is 0 Å². The van der Waals surface area contributed by atoms with Crippen molar-refractivity contribution in [2.24, 2.45) is 0 Å². The van der Waals surface area contributed by atoms with Gasteiger partial charge in [-0.05, 0) is 6.92 Å². The number of carbonyl (C=O) groups excluding carboxylic acids is 1. The van der Waals surface area contributed by atoms with E-state index in [2.05, 4.69) is 11.5 Å². The van der Waals surface area contributed by atoms with Gasteiger partial charge in [-0.15, -0.1) is 5.54 Å². The van der Waals surface area contributed by atoms with Crippen molar-refractivity contribution in [3.8, 4) is 11.5 Å². The minimum atomic E-state index is -1.78. The second-order valence-corrected chi connectivity index (χ2v) is 7.66. The summed E-state index contributed by atoms with van der Waals surface area (Å²) in [4.78, 5) is 10.8. The molecule has 0 aromatic heterocycles. The first-order valence-corrected chi connectivity index (χ1v) is 7.49. The molecule has 0 saturated heterocycles. The van der Waals surface area contributed by atoms with Crippen LogP contribution < -0.4 is 0 Å². The maximum atomic E-state index is 10.8. The highest BCUT2D eigenvalue weighted by Gasteiger charge is 2.15. The van der Waals surface area contributed by atoms with Crippen molar-refractivity contribution in [1.82, 2.24) is 0 Å². The minimum absolute atomic E-state index is 0.128. The molecule has 0 amide bonds. The molecule has 0 saturated carbocycles. The lowest BCUT2D eigenvalue weighted by Crippen LogP contribution is -2.29. The van der Waals surface area contributed by atoms with Gasteiger partial charge in [-0.3, -0.25) is 4.79 Å². The zero-order valence-electron chi connectivity index (χ0n) is 8.39. The number of esters is 1. The summed E-state index contributed by atoms with van der Waals surface area (Å²) in [7, 11) is -1.78. The lowest BCUT2D eigenvalue weighted by atomic mass is 10.5. The summed E-state index contributed by atoms with van der Waals surface area (Å²) in [5.41, 5.74) is 2.94. The van der Waals surface area contributed by atoms with E-state index < -0.39 is 8.07 Å². The quantitative estimate of drug-likeness (QED) is 0.415. The summed E-state index contributed by atoms with van der Waals surface area (Å²) < 4.78 is 4.70. The molecule has 4 heteroatoms. The largest absolute Gasteiger partial charge is 0.465 e. The lowest BCUT2D eigenvalue weighted by Gasteiger charge is -2.08. The van der Waals surface area contributed by atoms with Crippen LogP contribution in [0.1, 0.15) is 13.3 Å². The van der Waals surface area contributed by atoms with Crippen LogP contribution in [0.3, 0.4) is 0 Å². The molecule has 0 bridgehead atoms. The van der Waals surface area contributed by atoms with Crippen molar-refractivity contribution in [2.75, 3.05) is 12.8 Å². The van der Waals surface area contributed by atoms with E-state index in [9.17, 15) is 4.79 Å². The first-order valence-electron chi connectivity index (χ1n) is 4.28. The van der Waals surface area contributed by atoms with Crippen molar-refractivity contribution in [1.29, 1.82) is 0 Å². The van der Waals surface area contributed by atoms with Gasteiger partial charge in [0.25, 0.3) is 0 Å². The number of aliphatic hydroxyl groups is 1. The van der Waals surface area contributed by atoms with Gasteiger partial charge in [0.15, 0.2) is 8.07 Å². The Morgan fingerprint density at radius 3 is 2.62 bits per heavy atom. The molecule has 0 aliphatic rings. The molecule has 0 aromatic rings. The smallest absolute Gasteiger partial charge is 0.317 e. The van der Waals surface area contributed by atoms with Gasteiger partial charge in [0.05, 0.1) is 6.61 Å². The summed E-state index contributed by atoms with van der Waals surface area (Å²) >= 11 is 0. The third-order valence-corrected chi connectivity index (χ3v) is 3.00. The standard InChI is InChI=1S/C9H16O3Si/c1-4-12-9(11)6-5-7-13(2,3)8-10/h10H,4,6,8H2,1-3H3. The van der Waals surface area contributed by atoms with Gasteiger partial charge < -0.3 is 9.84 Å². The highest BCUT2D eigenvalue weighted by molar-refractivity contribution is 6.84. The minimum Gasteiger partial charge on any atom is -0.465 e. The molecule has 3 nitrogen and oxygen atoms in total. The van der Waals surface area contributed by atoms with Crippen molar-refractivity contribution in [3.05, 3.63) is 0 Å². The van der Waals surface area contributed by atoms with Crippen molar-refractivity contribution in [3.63, 3.8) is 0 Å². The van der Waals surface area contributed by atoms with Crippen LogP contribution in [-0.2, 0) is 9.53 Å². The van der Waals surface area contributed by atoms with E-state index in [-0.39, 0.29) is 18.6 Å². The number of carbonyl (C=O) groups is 1. The number of aliphatic hydroxyl groups excluding tert-OH is 1. The highest BCUT2D eigenvalue weighted by atomic mass is 28.3. The Morgan fingerprint density at radius 2 is 2.15 bits per heavy atom. The number of ether oxygens (including phenoxy) is 1. The van der Waals surface area contributed by atoms with Gasteiger partial charge in [-0.2, -0.15) is 0 Å². The fraction of sp³-hybridized carbons (Fsp3) is 0.667. The first-order chi connectivity index (χ1) is 6.02. The van der Waals surface area contributed by atoms with Crippen LogP contribution in [0, 0.1) is 11.5 Å². The summed E-state index contributed by atoms with van der Waals surface area (Å²) in [6.45, 7) is 6.05. The molecule has 0 spiro atoms. The second kappa shape index (κ2) is 5.78. The molecule has 0 atom stereocenters. The Morgan fingerprint density at radius 1 is 1.54 bits per heavy atom. The van der Waals surface area contributed by atoms with E-state index in [1.54, 1.807) is 6.92 Å². The monoisotopic (exact) mass is 200 g/mol. The van der Waals surface area contributed by atoms with E-state index in [1.165, 1.54) is 0 Å². The average molecular weight is 200 g/mol. The Labute approximate surface area is 80.1 Å². The number of hydrogen-bond donors (Lipinski definition) is 1. The molecule has 0 heterocycles. The molecule has 0 fully saturated rings. The average Bonchev–Trinajstić information content (AvgIpc) is 2.05. The Bertz CT molecular complexity index is 225. The van der Waals surface area contributed by atoms with Gasteiger partial charge in [0, 0.05) is 6.23 Å². The maximum Gasteiger partial charge on any atom is 0.317 e.